The summed E-state index contributed by atoms with van der Waals surface area (Å²) in [5.74, 6) is -1.25. The van der Waals surface area contributed by atoms with E-state index in [-0.39, 0.29) is 0 Å². The largest absolute Gasteiger partial charge is 0.481 e. The lowest BCUT2D eigenvalue weighted by molar-refractivity contribution is -0.139. The van der Waals surface area contributed by atoms with E-state index in [0.29, 0.717) is 6.54 Å². The third-order valence-electron chi connectivity index (χ3n) is 3.00. The molecule has 1 unspecified atom stereocenters. The molecule has 100 valence electrons. The average molecular weight is 275 g/mol. The monoisotopic (exact) mass is 275 g/mol. The number of hydrogen-bond acceptors (Lipinski definition) is 3. The molecule has 0 radical (unpaired) electrons. The number of carboxylic acid groups (broad SMARTS) is 1. The Kier molecular flexibility index (Phi) is 4.71. The van der Waals surface area contributed by atoms with Gasteiger partial charge in [0.15, 0.2) is 0 Å². The molecular formula is C15H17NO2S. The lowest BCUT2D eigenvalue weighted by Crippen LogP contribution is -2.28. The smallest absolute Gasteiger partial charge is 0.312 e. The first-order valence-corrected chi connectivity index (χ1v) is 7.03. The molecule has 1 N–H and O–H groups in total. The van der Waals surface area contributed by atoms with E-state index in [1.807, 2.05) is 48.8 Å². The molecule has 0 saturated heterocycles. The summed E-state index contributed by atoms with van der Waals surface area (Å²) in [6.07, 6.45) is 0. The van der Waals surface area contributed by atoms with Crippen LogP contribution >= 0.6 is 11.3 Å². The fraction of sp³-hybridized carbons (Fsp3) is 0.267. The zero-order chi connectivity index (χ0) is 13.7. The van der Waals surface area contributed by atoms with Crippen LogP contribution in [0.25, 0.3) is 0 Å². The highest BCUT2D eigenvalue weighted by Crippen LogP contribution is 2.19. The third kappa shape index (κ3) is 3.91. The zero-order valence-electron chi connectivity index (χ0n) is 10.8. The summed E-state index contributed by atoms with van der Waals surface area (Å²) in [6, 6.07) is 13.5. The van der Waals surface area contributed by atoms with E-state index in [0.717, 1.165) is 12.1 Å². The second-order valence-electron chi connectivity index (χ2n) is 4.58. The first-order valence-electron chi connectivity index (χ1n) is 6.15. The summed E-state index contributed by atoms with van der Waals surface area (Å²) in [5.41, 5.74) is 0.855. The molecule has 0 bridgehead atoms. The molecule has 1 aromatic heterocycles. The summed E-state index contributed by atoms with van der Waals surface area (Å²) >= 11 is 1.69. The molecule has 0 aliphatic rings. The topological polar surface area (TPSA) is 40.5 Å². The van der Waals surface area contributed by atoms with Crippen LogP contribution in [0.1, 0.15) is 16.4 Å². The molecule has 0 fully saturated rings. The molecule has 0 spiro atoms. The van der Waals surface area contributed by atoms with Gasteiger partial charge in [-0.05, 0) is 24.1 Å². The zero-order valence-corrected chi connectivity index (χ0v) is 11.6. The molecule has 2 rings (SSSR count). The molecule has 3 nitrogen and oxygen atoms in total. The Morgan fingerprint density at radius 1 is 1.26 bits per heavy atom. The fourth-order valence-corrected chi connectivity index (χ4v) is 2.84. The second kappa shape index (κ2) is 6.50. The van der Waals surface area contributed by atoms with E-state index in [9.17, 15) is 9.90 Å². The van der Waals surface area contributed by atoms with Crippen LogP contribution in [0, 0.1) is 0 Å². The Morgan fingerprint density at radius 3 is 2.58 bits per heavy atom. The van der Waals surface area contributed by atoms with Crippen molar-refractivity contribution in [1.29, 1.82) is 0 Å². The fourth-order valence-electron chi connectivity index (χ4n) is 2.06. The quantitative estimate of drug-likeness (QED) is 0.881. The molecule has 4 heteroatoms. The van der Waals surface area contributed by atoms with Gasteiger partial charge in [0.25, 0.3) is 0 Å². The van der Waals surface area contributed by atoms with Gasteiger partial charge >= 0.3 is 5.97 Å². The third-order valence-corrected chi connectivity index (χ3v) is 3.86. The highest BCUT2D eigenvalue weighted by Gasteiger charge is 2.21. The number of carboxylic acids is 1. The average Bonchev–Trinajstić information content (AvgIpc) is 2.89. The van der Waals surface area contributed by atoms with E-state index in [4.69, 9.17) is 0 Å². The Morgan fingerprint density at radius 2 is 2.00 bits per heavy atom. The number of nitrogens with zero attached hydrogens (tertiary/aromatic N) is 1. The van der Waals surface area contributed by atoms with Crippen LogP contribution in [0.5, 0.6) is 0 Å². The predicted octanol–water partition coefficient (Wildman–Crippen LogP) is 3.05. The highest BCUT2D eigenvalue weighted by molar-refractivity contribution is 7.09. The molecule has 0 saturated carbocycles. The highest BCUT2D eigenvalue weighted by atomic mass is 32.1. The van der Waals surface area contributed by atoms with E-state index in [2.05, 4.69) is 11.0 Å². The van der Waals surface area contributed by atoms with Crippen LogP contribution in [-0.4, -0.2) is 29.6 Å². The van der Waals surface area contributed by atoms with Crippen molar-refractivity contribution in [2.45, 2.75) is 12.5 Å². The number of hydrogen-bond donors (Lipinski definition) is 1. The maximum Gasteiger partial charge on any atom is 0.312 e. The lowest BCUT2D eigenvalue weighted by Gasteiger charge is -2.21. The molecule has 19 heavy (non-hydrogen) atoms. The molecule has 1 aromatic carbocycles. The van der Waals surface area contributed by atoms with Gasteiger partial charge in [0.1, 0.15) is 0 Å². The van der Waals surface area contributed by atoms with Gasteiger partial charge in [0.05, 0.1) is 5.92 Å². The standard InChI is InChI=1S/C15H17NO2S/c1-16(10-13-8-5-9-19-13)11-14(15(17)18)12-6-3-2-4-7-12/h2-9,14H,10-11H2,1H3,(H,17,18). The minimum absolute atomic E-state index is 0.480. The van der Waals surface area contributed by atoms with Crippen molar-refractivity contribution in [3.05, 3.63) is 58.3 Å². The van der Waals surface area contributed by atoms with Crippen molar-refractivity contribution in [3.63, 3.8) is 0 Å². The Balaban J connectivity index is 2.03. The summed E-state index contributed by atoms with van der Waals surface area (Å²) in [6.45, 7) is 1.30. The predicted molar refractivity (Wildman–Crippen MR) is 77.5 cm³/mol. The Labute approximate surface area is 117 Å². The van der Waals surface area contributed by atoms with Crippen LogP contribution < -0.4 is 0 Å². The van der Waals surface area contributed by atoms with Gasteiger partial charge in [-0.15, -0.1) is 11.3 Å². The van der Waals surface area contributed by atoms with Gasteiger partial charge in [-0.25, -0.2) is 0 Å². The summed E-state index contributed by atoms with van der Waals surface area (Å²) in [4.78, 5) is 14.7. The van der Waals surface area contributed by atoms with Gasteiger partial charge in [0, 0.05) is 18.0 Å². The Hall–Kier alpha value is -1.65. The van der Waals surface area contributed by atoms with Crippen LogP contribution in [0.2, 0.25) is 0 Å². The van der Waals surface area contributed by atoms with Gasteiger partial charge in [-0.3, -0.25) is 4.79 Å². The van der Waals surface area contributed by atoms with Gasteiger partial charge in [-0.1, -0.05) is 36.4 Å². The van der Waals surface area contributed by atoms with E-state index >= 15 is 0 Å². The van der Waals surface area contributed by atoms with Crippen LogP contribution in [0.4, 0.5) is 0 Å². The van der Waals surface area contributed by atoms with Gasteiger partial charge < -0.3 is 10.0 Å². The molecule has 0 aliphatic heterocycles. The first-order chi connectivity index (χ1) is 9.16. The van der Waals surface area contributed by atoms with E-state index in [1.54, 1.807) is 11.3 Å². The normalized spacial score (nSPS) is 12.5. The van der Waals surface area contributed by atoms with Crippen molar-refractivity contribution < 1.29 is 9.90 Å². The van der Waals surface area contributed by atoms with E-state index in [1.165, 1.54) is 4.88 Å². The summed E-state index contributed by atoms with van der Waals surface area (Å²) in [5, 5.41) is 11.4. The van der Waals surface area contributed by atoms with Crippen LogP contribution in [0.3, 0.4) is 0 Å². The SMILES string of the molecule is CN(Cc1cccs1)CC(C(=O)O)c1ccccc1. The van der Waals surface area contributed by atoms with Gasteiger partial charge in [-0.2, -0.15) is 0 Å². The van der Waals surface area contributed by atoms with Crippen molar-refractivity contribution in [2.24, 2.45) is 0 Å². The lowest BCUT2D eigenvalue weighted by atomic mass is 9.99. The molecular weight excluding hydrogens is 258 g/mol. The number of thiophene rings is 1. The minimum Gasteiger partial charge on any atom is -0.481 e. The molecule has 2 aromatic rings. The van der Waals surface area contributed by atoms with Crippen LogP contribution in [-0.2, 0) is 11.3 Å². The van der Waals surface area contributed by atoms with Crippen molar-refractivity contribution in [3.8, 4) is 0 Å². The van der Waals surface area contributed by atoms with Crippen molar-refractivity contribution >= 4 is 17.3 Å². The number of rotatable bonds is 6. The molecule has 0 aliphatic carbocycles. The molecule has 1 atom stereocenters. The Bertz CT molecular complexity index is 510. The van der Waals surface area contributed by atoms with Gasteiger partial charge in [0.2, 0.25) is 0 Å². The minimum atomic E-state index is -0.774. The first kappa shape index (κ1) is 13.8. The number of likely N-dealkylation sites (N-methyl/N-ethyl adjacent to an activating group) is 1. The molecule has 1 heterocycles. The maximum absolute atomic E-state index is 11.4. The number of benzene rings is 1. The van der Waals surface area contributed by atoms with Crippen molar-refractivity contribution in [2.75, 3.05) is 13.6 Å². The van der Waals surface area contributed by atoms with Crippen molar-refractivity contribution in [1.82, 2.24) is 4.90 Å². The number of carbonyl (C=O) groups is 1. The second-order valence-corrected chi connectivity index (χ2v) is 5.61. The van der Waals surface area contributed by atoms with Crippen LogP contribution in [0.15, 0.2) is 47.8 Å². The molecule has 0 amide bonds. The maximum atomic E-state index is 11.4. The summed E-state index contributed by atoms with van der Waals surface area (Å²) in [7, 11) is 1.96. The summed E-state index contributed by atoms with van der Waals surface area (Å²) < 4.78 is 0. The van der Waals surface area contributed by atoms with E-state index < -0.39 is 11.9 Å². The number of aliphatic carboxylic acids is 1.